The van der Waals surface area contributed by atoms with Crippen LogP contribution in [-0.2, 0) is 0 Å². The Balaban J connectivity index is 3.42. The molecule has 8 heteroatoms. The van der Waals surface area contributed by atoms with Crippen molar-refractivity contribution in [3.63, 3.8) is 0 Å². The molecule has 82 valence electrons. The van der Waals surface area contributed by atoms with Gasteiger partial charge in [0, 0.05) is 0 Å². The van der Waals surface area contributed by atoms with E-state index in [4.69, 9.17) is 11.6 Å². The maximum absolute atomic E-state index is 12.5. The van der Waals surface area contributed by atoms with Gasteiger partial charge in [-0.2, -0.15) is 0 Å². The summed E-state index contributed by atoms with van der Waals surface area (Å²) < 4.78 is 29.5. The van der Waals surface area contributed by atoms with E-state index in [9.17, 15) is 18.9 Å². The molecule has 0 aliphatic carbocycles. The van der Waals surface area contributed by atoms with Gasteiger partial charge < -0.3 is 4.74 Å². The highest BCUT2D eigenvalue weighted by Crippen LogP contribution is 2.38. The van der Waals surface area contributed by atoms with E-state index in [0.717, 1.165) is 13.3 Å². The molecule has 0 fully saturated rings. The van der Waals surface area contributed by atoms with Crippen LogP contribution in [0.1, 0.15) is 12.0 Å². The van der Waals surface area contributed by atoms with Crippen molar-refractivity contribution < 1.29 is 18.4 Å². The van der Waals surface area contributed by atoms with Crippen molar-refractivity contribution in [3.05, 3.63) is 26.9 Å². The summed E-state index contributed by atoms with van der Waals surface area (Å²) in [5, 5.41) is 9.74. The second-order valence-electron chi connectivity index (χ2n) is 2.44. The molecule has 0 saturated heterocycles. The van der Waals surface area contributed by atoms with Crippen molar-refractivity contribution in [1.82, 2.24) is 4.98 Å². The zero-order chi connectivity index (χ0) is 11.6. The number of rotatable bonds is 3. The molecule has 0 saturated carbocycles. The van der Waals surface area contributed by atoms with Gasteiger partial charge >= 0.3 is 5.69 Å². The van der Waals surface area contributed by atoms with Crippen molar-refractivity contribution in [2.24, 2.45) is 0 Å². The molecule has 0 aliphatic heterocycles. The summed E-state index contributed by atoms with van der Waals surface area (Å²) in [6, 6.07) is 0. The molecular formula is C7H5ClF2N2O3. The molecule has 0 radical (unpaired) electrons. The van der Waals surface area contributed by atoms with Gasteiger partial charge in [0.15, 0.2) is 0 Å². The highest BCUT2D eigenvalue weighted by atomic mass is 35.5. The summed E-state index contributed by atoms with van der Waals surface area (Å²) in [6.07, 6.45) is -2.22. The normalized spacial score (nSPS) is 10.5. The highest BCUT2D eigenvalue weighted by Gasteiger charge is 2.27. The van der Waals surface area contributed by atoms with Crippen molar-refractivity contribution in [2.75, 3.05) is 7.11 Å². The van der Waals surface area contributed by atoms with Crippen LogP contribution in [0.5, 0.6) is 5.88 Å². The van der Waals surface area contributed by atoms with Crippen LogP contribution in [0.4, 0.5) is 14.5 Å². The zero-order valence-corrected chi connectivity index (χ0v) is 8.16. The fourth-order valence-electron chi connectivity index (χ4n) is 0.957. The van der Waals surface area contributed by atoms with E-state index < -0.39 is 33.5 Å². The van der Waals surface area contributed by atoms with Crippen LogP contribution in [-0.4, -0.2) is 17.0 Å². The Morgan fingerprint density at radius 2 is 2.27 bits per heavy atom. The van der Waals surface area contributed by atoms with Gasteiger partial charge in [0.25, 0.3) is 6.43 Å². The third-order valence-corrected chi connectivity index (χ3v) is 2.00. The van der Waals surface area contributed by atoms with Crippen molar-refractivity contribution in [3.8, 4) is 5.88 Å². The number of nitrogens with zero attached hydrogens (tertiary/aromatic N) is 2. The molecule has 15 heavy (non-hydrogen) atoms. The third kappa shape index (κ3) is 2.12. The average molecular weight is 239 g/mol. The summed E-state index contributed by atoms with van der Waals surface area (Å²) in [5.74, 6) is -0.416. The lowest BCUT2D eigenvalue weighted by molar-refractivity contribution is -0.385. The van der Waals surface area contributed by atoms with E-state index in [1.165, 1.54) is 0 Å². The highest BCUT2D eigenvalue weighted by molar-refractivity contribution is 6.33. The maximum Gasteiger partial charge on any atom is 0.306 e. The van der Waals surface area contributed by atoms with E-state index in [1.807, 2.05) is 0 Å². The monoisotopic (exact) mass is 238 g/mol. The summed E-state index contributed by atoms with van der Waals surface area (Å²) in [4.78, 5) is 12.9. The molecule has 0 aromatic carbocycles. The fraction of sp³-hybridized carbons (Fsp3) is 0.286. The Morgan fingerprint density at radius 1 is 1.67 bits per heavy atom. The van der Waals surface area contributed by atoms with Gasteiger partial charge in [0.05, 0.1) is 12.0 Å². The van der Waals surface area contributed by atoms with Crippen LogP contribution in [0.3, 0.4) is 0 Å². The molecule has 1 rings (SSSR count). The summed E-state index contributed by atoms with van der Waals surface area (Å²) >= 11 is 5.44. The number of hydrogen-bond acceptors (Lipinski definition) is 4. The van der Waals surface area contributed by atoms with E-state index in [2.05, 4.69) is 9.72 Å². The number of pyridine rings is 1. The lowest BCUT2D eigenvalue weighted by Crippen LogP contribution is -2.00. The minimum Gasteiger partial charge on any atom is -0.481 e. The zero-order valence-electron chi connectivity index (χ0n) is 7.41. The molecule has 5 nitrogen and oxygen atoms in total. The standard InChI is InChI=1S/C7H5ClF2N2O3/c1-15-7-4(6(9)10)5(8)3(2-11-7)12(13)14/h2,6H,1H3. The van der Waals surface area contributed by atoms with E-state index in [1.54, 1.807) is 0 Å². The molecule has 0 bridgehead atoms. The van der Waals surface area contributed by atoms with Crippen LogP contribution >= 0.6 is 11.6 Å². The summed E-state index contributed by atoms with van der Waals surface area (Å²) in [5.41, 5.74) is -1.44. The molecule has 1 aromatic rings. The van der Waals surface area contributed by atoms with Gasteiger partial charge in [-0.25, -0.2) is 13.8 Å². The molecule has 0 aliphatic rings. The van der Waals surface area contributed by atoms with Crippen LogP contribution < -0.4 is 4.74 Å². The Morgan fingerprint density at radius 3 is 2.67 bits per heavy atom. The lowest BCUT2D eigenvalue weighted by atomic mass is 10.2. The van der Waals surface area contributed by atoms with Gasteiger partial charge in [-0.05, 0) is 0 Å². The molecule has 0 unspecified atom stereocenters. The average Bonchev–Trinajstić information content (AvgIpc) is 2.15. The second-order valence-corrected chi connectivity index (χ2v) is 2.82. The van der Waals surface area contributed by atoms with Crippen molar-refractivity contribution in [2.45, 2.75) is 6.43 Å². The third-order valence-electron chi connectivity index (χ3n) is 1.60. The Labute approximate surface area is 87.8 Å². The predicted molar refractivity (Wildman–Crippen MR) is 47.4 cm³/mol. The number of alkyl halides is 2. The Hall–Kier alpha value is -1.50. The number of methoxy groups -OCH3 is 1. The van der Waals surface area contributed by atoms with Crippen LogP contribution in [0.15, 0.2) is 6.20 Å². The Kier molecular flexibility index (Phi) is 3.35. The first kappa shape index (κ1) is 11.6. The molecule has 0 N–H and O–H groups in total. The van der Waals surface area contributed by atoms with Crippen LogP contribution in [0.25, 0.3) is 0 Å². The summed E-state index contributed by atoms with van der Waals surface area (Å²) in [7, 11) is 1.12. The first-order chi connectivity index (χ1) is 6.99. The predicted octanol–water partition coefficient (Wildman–Crippen LogP) is 2.59. The van der Waals surface area contributed by atoms with Crippen molar-refractivity contribution in [1.29, 1.82) is 0 Å². The topological polar surface area (TPSA) is 65.3 Å². The molecule has 0 spiro atoms. The van der Waals surface area contributed by atoms with Crippen LogP contribution in [0.2, 0.25) is 5.02 Å². The lowest BCUT2D eigenvalue weighted by Gasteiger charge is -2.07. The number of ether oxygens (including phenoxy) is 1. The maximum atomic E-state index is 12.5. The molecule has 0 atom stereocenters. The smallest absolute Gasteiger partial charge is 0.306 e. The number of aromatic nitrogens is 1. The number of hydrogen-bond donors (Lipinski definition) is 0. The number of halogens is 3. The largest absolute Gasteiger partial charge is 0.481 e. The van der Waals surface area contributed by atoms with Gasteiger partial charge in [-0.3, -0.25) is 10.1 Å². The minimum atomic E-state index is -2.99. The van der Waals surface area contributed by atoms with E-state index in [-0.39, 0.29) is 0 Å². The van der Waals surface area contributed by atoms with Crippen molar-refractivity contribution >= 4 is 17.3 Å². The second kappa shape index (κ2) is 4.35. The quantitative estimate of drug-likeness (QED) is 0.600. The SMILES string of the molecule is COc1ncc([N+](=O)[O-])c(Cl)c1C(F)F. The molecule has 1 heterocycles. The summed E-state index contributed by atoms with van der Waals surface area (Å²) in [6.45, 7) is 0. The minimum absolute atomic E-state index is 0.416. The fourth-order valence-corrected chi connectivity index (χ4v) is 1.24. The first-order valence-electron chi connectivity index (χ1n) is 3.64. The Bertz CT molecular complexity index is 400. The molecular weight excluding hydrogens is 234 g/mol. The first-order valence-corrected chi connectivity index (χ1v) is 4.01. The molecule has 0 amide bonds. The van der Waals surface area contributed by atoms with Gasteiger partial charge in [0.2, 0.25) is 5.88 Å². The van der Waals surface area contributed by atoms with E-state index in [0.29, 0.717) is 0 Å². The molecule has 1 aromatic heterocycles. The van der Waals surface area contributed by atoms with Gasteiger partial charge in [-0.15, -0.1) is 0 Å². The van der Waals surface area contributed by atoms with E-state index >= 15 is 0 Å². The van der Waals surface area contributed by atoms with Gasteiger partial charge in [0.1, 0.15) is 16.8 Å². The van der Waals surface area contributed by atoms with Crippen LogP contribution in [0, 0.1) is 10.1 Å². The van der Waals surface area contributed by atoms with Gasteiger partial charge in [-0.1, -0.05) is 11.6 Å². The number of nitro groups is 1.